The van der Waals surface area contributed by atoms with Gasteiger partial charge >= 0.3 is 0 Å². The van der Waals surface area contributed by atoms with Gasteiger partial charge in [-0.25, -0.2) is 4.98 Å². The van der Waals surface area contributed by atoms with E-state index >= 15 is 0 Å². The summed E-state index contributed by atoms with van der Waals surface area (Å²) < 4.78 is 5.47. The summed E-state index contributed by atoms with van der Waals surface area (Å²) in [6.45, 7) is 4.32. The fourth-order valence-electron chi connectivity index (χ4n) is 2.06. The zero-order valence-corrected chi connectivity index (χ0v) is 10.4. The molecule has 0 saturated carbocycles. The number of aromatic nitrogens is 1. The number of nitrogens with zero attached hydrogens (tertiary/aromatic N) is 2. The molecule has 1 saturated heterocycles. The van der Waals surface area contributed by atoms with Gasteiger partial charge in [-0.3, -0.25) is 10.1 Å². The predicted octanol–water partition coefficient (Wildman–Crippen LogP) is 1.68. The Balaban J connectivity index is 1.88. The molecule has 98 valence electrons. The Bertz CT molecular complexity index is 431. The van der Waals surface area contributed by atoms with Crippen molar-refractivity contribution in [1.29, 1.82) is 0 Å². The van der Waals surface area contributed by atoms with E-state index in [1.807, 2.05) is 0 Å². The lowest BCUT2D eigenvalue weighted by molar-refractivity contribution is -0.385. The highest BCUT2D eigenvalue weighted by Crippen LogP contribution is 2.21. The SMILES string of the molecule is Cc1cnc(OCCC2CCNC2)cc1[N+](=O)[O-]. The molecule has 1 fully saturated rings. The van der Waals surface area contributed by atoms with E-state index in [2.05, 4.69) is 10.3 Å². The molecular formula is C12H17N3O3. The first kappa shape index (κ1) is 12.8. The van der Waals surface area contributed by atoms with Crippen LogP contribution in [0.3, 0.4) is 0 Å². The normalized spacial score (nSPS) is 18.8. The summed E-state index contributed by atoms with van der Waals surface area (Å²) in [7, 11) is 0. The first-order valence-electron chi connectivity index (χ1n) is 6.11. The molecule has 1 N–H and O–H groups in total. The summed E-state index contributed by atoms with van der Waals surface area (Å²) in [5, 5.41) is 14.1. The maximum atomic E-state index is 10.8. The minimum atomic E-state index is -0.412. The number of hydrogen-bond donors (Lipinski definition) is 1. The largest absolute Gasteiger partial charge is 0.477 e. The molecule has 1 aromatic heterocycles. The molecule has 6 nitrogen and oxygen atoms in total. The van der Waals surface area contributed by atoms with Crippen molar-refractivity contribution in [2.75, 3.05) is 19.7 Å². The Morgan fingerprint density at radius 3 is 3.17 bits per heavy atom. The van der Waals surface area contributed by atoms with E-state index in [9.17, 15) is 10.1 Å². The monoisotopic (exact) mass is 251 g/mol. The van der Waals surface area contributed by atoms with Crippen LogP contribution in [0.25, 0.3) is 0 Å². The third-order valence-electron chi connectivity index (χ3n) is 3.18. The van der Waals surface area contributed by atoms with E-state index < -0.39 is 4.92 Å². The number of rotatable bonds is 5. The zero-order valence-electron chi connectivity index (χ0n) is 10.4. The van der Waals surface area contributed by atoms with Crippen LogP contribution in [0, 0.1) is 23.0 Å². The lowest BCUT2D eigenvalue weighted by atomic mass is 10.1. The average Bonchev–Trinajstić information content (AvgIpc) is 2.84. The van der Waals surface area contributed by atoms with Gasteiger partial charge in [-0.1, -0.05) is 0 Å². The van der Waals surface area contributed by atoms with Gasteiger partial charge in [0.2, 0.25) is 5.88 Å². The number of hydrogen-bond acceptors (Lipinski definition) is 5. The molecule has 1 unspecified atom stereocenters. The van der Waals surface area contributed by atoms with Crippen molar-refractivity contribution in [1.82, 2.24) is 10.3 Å². The molecule has 0 bridgehead atoms. The molecule has 6 heteroatoms. The van der Waals surface area contributed by atoms with Crippen LogP contribution in [0.15, 0.2) is 12.3 Å². The van der Waals surface area contributed by atoms with Crippen LogP contribution in [0.2, 0.25) is 0 Å². The van der Waals surface area contributed by atoms with Crippen LogP contribution in [0.1, 0.15) is 18.4 Å². The summed E-state index contributed by atoms with van der Waals surface area (Å²) in [5.74, 6) is 0.976. The van der Waals surface area contributed by atoms with Crippen molar-refractivity contribution < 1.29 is 9.66 Å². The minimum absolute atomic E-state index is 0.0579. The number of pyridine rings is 1. The first-order valence-corrected chi connectivity index (χ1v) is 6.11. The summed E-state index contributed by atoms with van der Waals surface area (Å²) >= 11 is 0. The Morgan fingerprint density at radius 2 is 2.50 bits per heavy atom. The fraction of sp³-hybridized carbons (Fsp3) is 0.583. The quantitative estimate of drug-likeness (QED) is 0.636. The number of aryl methyl sites for hydroxylation is 1. The van der Waals surface area contributed by atoms with Gasteiger partial charge in [-0.2, -0.15) is 0 Å². The first-order chi connectivity index (χ1) is 8.66. The maximum Gasteiger partial charge on any atom is 0.279 e. The lowest BCUT2D eigenvalue weighted by Gasteiger charge is -2.09. The molecule has 1 atom stereocenters. The second-order valence-corrected chi connectivity index (χ2v) is 4.56. The molecule has 0 amide bonds. The molecule has 18 heavy (non-hydrogen) atoms. The molecule has 0 aromatic carbocycles. The Hall–Kier alpha value is -1.69. The molecule has 1 aromatic rings. The minimum Gasteiger partial charge on any atom is -0.477 e. The third kappa shape index (κ3) is 3.16. The van der Waals surface area contributed by atoms with E-state index in [1.165, 1.54) is 18.7 Å². The molecule has 2 heterocycles. The van der Waals surface area contributed by atoms with Crippen LogP contribution in [-0.4, -0.2) is 29.6 Å². The molecule has 0 spiro atoms. The Morgan fingerprint density at radius 1 is 1.67 bits per heavy atom. The molecule has 2 rings (SSSR count). The zero-order chi connectivity index (χ0) is 13.0. The van der Waals surface area contributed by atoms with E-state index in [0.717, 1.165) is 19.5 Å². The standard InChI is InChI=1S/C12H17N3O3/c1-9-7-14-12(6-11(9)15(16)17)18-5-3-10-2-4-13-8-10/h6-7,10,13H,2-5,8H2,1H3. The van der Waals surface area contributed by atoms with Crippen molar-refractivity contribution in [2.45, 2.75) is 19.8 Å². The van der Waals surface area contributed by atoms with Crippen LogP contribution in [0.4, 0.5) is 5.69 Å². The molecular weight excluding hydrogens is 234 g/mol. The van der Waals surface area contributed by atoms with Gasteiger partial charge in [-0.15, -0.1) is 0 Å². The third-order valence-corrected chi connectivity index (χ3v) is 3.18. The predicted molar refractivity (Wildman–Crippen MR) is 66.7 cm³/mol. The highest BCUT2D eigenvalue weighted by atomic mass is 16.6. The Labute approximate surface area is 106 Å². The van der Waals surface area contributed by atoms with Gasteiger partial charge in [0.1, 0.15) is 0 Å². The van der Waals surface area contributed by atoms with E-state index in [1.54, 1.807) is 6.92 Å². The smallest absolute Gasteiger partial charge is 0.279 e. The number of ether oxygens (including phenoxy) is 1. The molecule has 1 aliphatic heterocycles. The highest BCUT2D eigenvalue weighted by molar-refractivity contribution is 5.40. The summed E-state index contributed by atoms with van der Waals surface area (Å²) in [6.07, 6.45) is 3.60. The van der Waals surface area contributed by atoms with Crippen molar-refractivity contribution in [2.24, 2.45) is 5.92 Å². The summed E-state index contributed by atoms with van der Waals surface area (Å²) in [5.41, 5.74) is 0.606. The molecule has 1 aliphatic rings. The van der Waals surface area contributed by atoms with Gasteiger partial charge in [0.15, 0.2) is 0 Å². The van der Waals surface area contributed by atoms with Crippen LogP contribution < -0.4 is 10.1 Å². The second-order valence-electron chi connectivity index (χ2n) is 4.56. The second kappa shape index (κ2) is 5.77. The van der Waals surface area contributed by atoms with Gasteiger partial charge < -0.3 is 10.1 Å². The number of nitrogens with one attached hydrogen (secondary N) is 1. The summed E-state index contributed by atoms with van der Waals surface area (Å²) in [6, 6.07) is 1.39. The number of nitro groups is 1. The summed E-state index contributed by atoms with van der Waals surface area (Å²) in [4.78, 5) is 14.4. The van der Waals surface area contributed by atoms with Crippen LogP contribution in [0.5, 0.6) is 5.88 Å². The maximum absolute atomic E-state index is 10.8. The van der Waals surface area contributed by atoms with Crippen molar-refractivity contribution in [3.05, 3.63) is 27.9 Å². The van der Waals surface area contributed by atoms with Crippen molar-refractivity contribution in [3.8, 4) is 5.88 Å². The average molecular weight is 251 g/mol. The molecule has 0 radical (unpaired) electrons. The van der Waals surface area contributed by atoms with E-state index in [4.69, 9.17) is 4.74 Å². The Kier molecular flexibility index (Phi) is 4.09. The van der Waals surface area contributed by atoms with E-state index in [-0.39, 0.29) is 5.69 Å². The van der Waals surface area contributed by atoms with Gasteiger partial charge in [-0.05, 0) is 38.8 Å². The van der Waals surface area contributed by atoms with Crippen LogP contribution >= 0.6 is 0 Å². The molecule has 0 aliphatic carbocycles. The lowest BCUT2D eigenvalue weighted by Crippen LogP contribution is -2.12. The van der Waals surface area contributed by atoms with Gasteiger partial charge in [0.05, 0.1) is 17.6 Å². The van der Waals surface area contributed by atoms with Crippen molar-refractivity contribution >= 4 is 5.69 Å². The van der Waals surface area contributed by atoms with E-state index in [0.29, 0.717) is 24.0 Å². The topological polar surface area (TPSA) is 77.3 Å². The fourth-order valence-corrected chi connectivity index (χ4v) is 2.06. The highest BCUT2D eigenvalue weighted by Gasteiger charge is 2.15. The van der Waals surface area contributed by atoms with Gasteiger partial charge in [0, 0.05) is 11.8 Å². The van der Waals surface area contributed by atoms with Gasteiger partial charge in [0.25, 0.3) is 5.69 Å². The van der Waals surface area contributed by atoms with Crippen LogP contribution in [-0.2, 0) is 0 Å². The van der Waals surface area contributed by atoms with Crippen molar-refractivity contribution in [3.63, 3.8) is 0 Å².